The molecule has 0 saturated carbocycles. The molecule has 0 atom stereocenters. The van der Waals surface area contributed by atoms with E-state index in [0.29, 0.717) is 0 Å². The van der Waals surface area contributed by atoms with Crippen LogP contribution in [-0.4, -0.2) is 9.97 Å². The fraction of sp³-hybridized carbons (Fsp3) is 0.636. The second-order valence-corrected chi connectivity index (χ2v) is 5.02. The molecule has 0 unspecified atom stereocenters. The van der Waals surface area contributed by atoms with E-state index < -0.39 is 5.67 Å². The molecular weight excluding hydrogens is 179 g/mol. The van der Waals surface area contributed by atoms with Crippen molar-refractivity contribution in [1.29, 1.82) is 0 Å². The molecule has 0 bridgehead atoms. The summed E-state index contributed by atoms with van der Waals surface area (Å²) in [6.07, 6.45) is 3.40. The Morgan fingerprint density at radius 3 is 1.71 bits per heavy atom. The number of hydrogen-bond acceptors (Lipinski definition) is 2. The molecule has 0 N–H and O–H groups in total. The molecule has 0 aliphatic carbocycles. The molecule has 14 heavy (non-hydrogen) atoms. The smallest absolute Gasteiger partial charge is 0.165 e. The molecule has 0 saturated heterocycles. The first-order valence-electron chi connectivity index (χ1n) is 4.73. The van der Waals surface area contributed by atoms with E-state index in [9.17, 15) is 4.39 Å². The highest BCUT2D eigenvalue weighted by molar-refractivity contribution is 5.16. The summed E-state index contributed by atoms with van der Waals surface area (Å²) in [7, 11) is 0. The van der Waals surface area contributed by atoms with Crippen molar-refractivity contribution < 1.29 is 4.39 Å². The molecule has 0 radical (unpaired) electrons. The summed E-state index contributed by atoms with van der Waals surface area (Å²) in [4.78, 5) is 8.06. The van der Waals surface area contributed by atoms with Gasteiger partial charge in [-0.05, 0) is 24.8 Å². The van der Waals surface area contributed by atoms with Crippen molar-refractivity contribution in [3.8, 4) is 0 Å². The van der Waals surface area contributed by atoms with Crippen molar-refractivity contribution in [2.45, 2.75) is 45.7 Å². The molecule has 1 aromatic rings. The van der Waals surface area contributed by atoms with Crippen molar-refractivity contribution >= 4 is 0 Å². The van der Waals surface area contributed by atoms with Crippen molar-refractivity contribution in [2.24, 2.45) is 0 Å². The Morgan fingerprint density at radius 2 is 1.43 bits per heavy atom. The molecule has 1 heterocycles. The largest absolute Gasteiger partial charge is 0.238 e. The Morgan fingerprint density at radius 1 is 1.00 bits per heavy atom. The van der Waals surface area contributed by atoms with Gasteiger partial charge < -0.3 is 0 Å². The quantitative estimate of drug-likeness (QED) is 0.690. The molecule has 2 nitrogen and oxygen atoms in total. The topological polar surface area (TPSA) is 25.8 Å². The van der Waals surface area contributed by atoms with Crippen LogP contribution in [0.1, 0.15) is 46.0 Å². The van der Waals surface area contributed by atoms with Crippen LogP contribution in [0, 0.1) is 0 Å². The van der Waals surface area contributed by atoms with Crippen LogP contribution in [0.2, 0.25) is 0 Å². The molecule has 0 aliphatic rings. The molecule has 0 spiro atoms. The second-order valence-electron chi connectivity index (χ2n) is 5.02. The van der Waals surface area contributed by atoms with Gasteiger partial charge in [0.25, 0.3) is 0 Å². The first kappa shape index (κ1) is 11.1. The van der Waals surface area contributed by atoms with Gasteiger partial charge in [0.1, 0.15) is 0 Å². The number of aromatic nitrogens is 2. The fourth-order valence-electron chi connectivity index (χ4n) is 1.02. The van der Waals surface area contributed by atoms with Crippen LogP contribution in [0.15, 0.2) is 12.4 Å². The van der Waals surface area contributed by atoms with E-state index in [1.807, 2.05) is 0 Å². The van der Waals surface area contributed by atoms with E-state index in [0.717, 1.165) is 5.56 Å². The normalized spacial score (nSPS) is 13.0. The van der Waals surface area contributed by atoms with Crippen molar-refractivity contribution in [1.82, 2.24) is 9.97 Å². The summed E-state index contributed by atoms with van der Waals surface area (Å²) in [5.41, 5.74) is -0.430. The SMILES string of the molecule is CC(C)(C)c1cnc(C(C)(C)F)nc1. The summed E-state index contributed by atoms with van der Waals surface area (Å²) >= 11 is 0. The molecule has 0 amide bonds. The highest BCUT2D eigenvalue weighted by Crippen LogP contribution is 2.24. The van der Waals surface area contributed by atoms with Crippen molar-refractivity contribution in [2.75, 3.05) is 0 Å². The third-order valence-electron chi connectivity index (χ3n) is 2.05. The van der Waals surface area contributed by atoms with Gasteiger partial charge in [-0.3, -0.25) is 0 Å². The van der Waals surface area contributed by atoms with E-state index in [4.69, 9.17) is 0 Å². The highest BCUT2D eigenvalue weighted by atomic mass is 19.1. The van der Waals surface area contributed by atoms with Crippen LogP contribution in [0.25, 0.3) is 0 Å². The van der Waals surface area contributed by atoms with Crippen LogP contribution in [-0.2, 0) is 11.1 Å². The lowest BCUT2D eigenvalue weighted by Crippen LogP contribution is -2.17. The number of hydrogen-bond donors (Lipinski definition) is 0. The molecule has 0 fully saturated rings. The zero-order chi connectivity index (χ0) is 11.0. The minimum atomic E-state index is -1.46. The average molecular weight is 196 g/mol. The predicted molar refractivity (Wildman–Crippen MR) is 54.9 cm³/mol. The lowest BCUT2D eigenvalue weighted by molar-refractivity contribution is 0.206. The summed E-state index contributed by atoms with van der Waals surface area (Å²) in [6, 6.07) is 0. The van der Waals surface area contributed by atoms with Gasteiger partial charge in [-0.1, -0.05) is 20.8 Å². The van der Waals surface area contributed by atoms with Crippen LogP contribution >= 0.6 is 0 Å². The predicted octanol–water partition coefficient (Wildman–Crippen LogP) is 2.98. The maximum absolute atomic E-state index is 13.4. The van der Waals surface area contributed by atoms with Gasteiger partial charge in [-0.15, -0.1) is 0 Å². The Balaban J connectivity index is 3.02. The van der Waals surface area contributed by atoms with Gasteiger partial charge in [-0.2, -0.15) is 0 Å². The van der Waals surface area contributed by atoms with Gasteiger partial charge in [0.15, 0.2) is 11.5 Å². The summed E-state index contributed by atoms with van der Waals surface area (Å²) in [5.74, 6) is 0.241. The standard InChI is InChI=1S/C11H17FN2/c1-10(2,3)8-6-13-9(14-7-8)11(4,5)12/h6-7H,1-5H3. The Hall–Kier alpha value is -0.990. The third-order valence-corrected chi connectivity index (χ3v) is 2.05. The zero-order valence-corrected chi connectivity index (χ0v) is 9.43. The molecule has 1 aromatic heterocycles. The van der Waals surface area contributed by atoms with Crippen molar-refractivity contribution in [3.63, 3.8) is 0 Å². The Bertz CT molecular complexity index is 271. The molecule has 0 aromatic carbocycles. The number of alkyl halides is 1. The average Bonchev–Trinajstić information content (AvgIpc) is 2.01. The Labute approximate surface area is 84.6 Å². The monoisotopic (exact) mass is 196 g/mol. The molecular formula is C11H17FN2. The minimum Gasteiger partial charge on any atom is -0.238 e. The first-order valence-corrected chi connectivity index (χ1v) is 4.73. The summed E-state index contributed by atoms with van der Waals surface area (Å²) in [5, 5.41) is 0. The van der Waals surface area contributed by atoms with Gasteiger partial charge in [0, 0.05) is 12.4 Å². The van der Waals surface area contributed by atoms with Gasteiger partial charge in [0.2, 0.25) is 0 Å². The fourth-order valence-corrected chi connectivity index (χ4v) is 1.02. The minimum absolute atomic E-state index is 0.0129. The maximum atomic E-state index is 13.4. The molecule has 0 aliphatic heterocycles. The first-order chi connectivity index (χ1) is 6.21. The van der Waals surface area contributed by atoms with E-state index in [1.165, 1.54) is 13.8 Å². The van der Waals surface area contributed by atoms with Crippen LogP contribution < -0.4 is 0 Å². The summed E-state index contributed by atoms with van der Waals surface area (Å²) in [6.45, 7) is 9.14. The lowest BCUT2D eigenvalue weighted by atomic mass is 9.89. The van der Waals surface area contributed by atoms with Gasteiger partial charge in [0.05, 0.1) is 0 Å². The van der Waals surface area contributed by atoms with E-state index in [-0.39, 0.29) is 11.2 Å². The van der Waals surface area contributed by atoms with E-state index >= 15 is 0 Å². The number of rotatable bonds is 1. The Kier molecular flexibility index (Phi) is 2.61. The maximum Gasteiger partial charge on any atom is 0.165 e. The zero-order valence-electron chi connectivity index (χ0n) is 9.43. The molecule has 1 rings (SSSR count). The lowest BCUT2D eigenvalue weighted by Gasteiger charge is -2.19. The van der Waals surface area contributed by atoms with Gasteiger partial charge in [-0.25, -0.2) is 14.4 Å². The number of nitrogens with zero attached hydrogens (tertiary/aromatic N) is 2. The highest BCUT2D eigenvalue weighted by Gasteiger charge is 2.23. The van der Waals surface area contributed by atoms with Crippen LogP contribution in [0.3, 0.4) is 0 Å². The van der Waals surface area contributed by atoms with E-state index in [2.05, 4.69) is 30.7 Å². The number of halogens is 1. The van der Waals surface area contributed by atoms with Gasteiger partial charge >= 0.3 is 0 Å². The molecule has 3 heteroatoms. The second kappa shape index (κ2) is 3.30. The van der Waals surface area contributed by atoms with Crippen molar-refractivity contribution in [3.05, 3.63) is 23.8 Å². The van der Waals surface area contributed by atoms with E-state index in [1.54, 1.807) is 12.4 Å². The molecule has 78 valence electrons. The van der Waals surface area contributed by atoms with Crippen LogP contribution in [0.5, 0.6) is 0 Å². The van der Waals surface area contributed by atoms with Crippen LogP contribution in [0.4, 0.5) is 4.39 Å². The summed E-state index contributed by atoms with van der Waals surface area (Å²) < 4.78 is 13.4. The third kappa shape index (κ3) is 2.50.